The lowest BCUT2D eigenvalue weighted by Gasteiger charge is -2.32. The molecule has 1 saturated heterocycles. The summed E-state index contributed by atoms with van der Waals surface area (Å²) in [6.07, 6.45) is 0. The first kappa shape index (κ1) is 16.8. The lowest BCUT2D eigenvalue weighted by Crippen LogP contribution is -2.48. The van der Waals surface area contributed by atoms with E-state index in [1.165, 1.54) is 18.7 Å². The van der Waals surface area contributed by atoms with Crippen LogP contribution >= 0.6 is 11.8 Å². The highest BCUT2D eigenvalue weighted by atomic mass is 32.2. The largest absolute Gasteiger partial charge is 0.480 e. The van der Waals surface area contributed by atoms with Gasteiger partial charge in [-0.15, -0.1) is 11.8 Å². The standard InChI is InChI=1S/C12H21N3O4S/c1-9(16)13-10(12(18)19)7-20-8-11(17)15-5-3-14(2)4-6-15/h10H,3-8H2,1-2H3,(H,13,16)(H,18,19). The smallest absolute Gasteiger partial charge is 0.327 e. The molecule has 0 radical (unpaired) electrons. The van der Waals surface area contributed by atoms with E-state index < -0.39 is 12.0 Å². The maximum absolute atomic E-state index is 11.9. The van der Waals surface area contributed by atoms with Crippen LogP contribution in [0.4, 0.5) is 0 Å². The van der Waals surface area contributed by atoms with Gasteiger partial charge in [-0.2, -0.15) is 0 Å². The van der Waals surface area contributed by atoms with Crippen molar-refractivity contribution in [3.05, 3.63) is 0 Å². The second-order valence-corrected chi connectivity index (χ2v) is 5.82. The van der Waals surface area contributed by atoms with Crippen LogP contribution in [0.3, 0.4) is 0 Å². The maximum atomic E-state index is 11.9. The van der Waals surface area contributed by atoms with E-state index in [0.717, 1.165) is 13.1 Å². The van der Waals surface area contributed by atoms with Gasteiger partial charge in [-0.05, 0) is 7.05 Å². The van der Waals surface area contributed by atoms with E-state index in [1.54, 1.807) is 4.90 Å². The van der Waals surface area contributed by atoms with E-state index in [0.29, 0.717) is 13.1 Å². The molecule has 7 nitrogen and oxygen atoms in total. The Bertz CT molecular complexity index is 370. The van der Waals surface area contributed by atoms with Crippen LogP contribution in [-0.2, 0) is 14.4 Å². The quantitative estimate of drug-likeness (QED) is 0.660. The zero-order valence-corrected chi connectivity index (χ0v) is 12.6. The van der Waals surface area contributed by atoms with Crippen molar-refractivity contribution >= 4 is 29.5 Å². The first-order valence-electron chi connectivity index (χ1n) is 6.44. The second-order valence-electron chi connectivity index (χ2n) is 4.79. The molecule has 0 aliphatic carbocycles. The third-order valence-corrected chi connectivity index (χ3v) is 4.06. The molecule has 1 aliphatic rings. The van der Waals surface area contributed by atoms with Crippen molar-refractivity contribution in [3.63, 3.8) is 0 Å². The second kappa shape index (κ2) is 8.11. The number of aliphatic carboxylic acids is 1. The molecule has 1 unspecified atom stereocenters. The Kier molecular flexibility index (Phi) is 6.80. The summed E-state index contributed by atoms with van der Waals surface area (Å²) in [7, 11) is 2.02. The minimum absolute atomic E-state index is 0.0232. The SMILES string of the molecule is CC(=O)NC(CSCC(=O)N1CCN(C)CC1)C(=O)O. The lowest BCUT2D eigenvalue weighted by molar-refractivity contribution is -0.140. The van der Waals surface area contributed by atoms with E-state index in [2.05, 4.69) is 10.2 Å². The van der Waals surface area contributed by atoms with Crippen molar-refractivity contribution < 1.29 is 19.5 Å². The summed E-state index contributed by atoms with van der Waals surface area (Å²) in [5.74, 6) is -1.01. The van der Waals surface area contributed by atoms with Crippen molar-refractivity contribution in [1.82, 2.24) is 15.1 Å². The van der Waals surface area contributed by atoms with Crippen LogP contribution in [0.2, 0.25) is 0 Å². The Morgan fingerprint density at radius 3 is 2.35 bits per heavy atom. The van der Waals surface area contributed by atoms with Gasteiger partial charge in [-0.1, -0.05) is 0 Å². The van der Waals surface area contributed by atoms with Gasteiger partial charge in [0.2, 0.25) is 11.8 Å². The Labute approximate surface area is 122 Å². The first-order valence-corrected chi connectivity index (χ1v) is 7.59. The van der Waals surface area contributed by atoms with Crippen LogP contribution in [0.1, 0.15) is 6.92 Å². The number of carboxylic acids is 1. The van der Waals surface area contributed by atoms with E-state index in [9.17, 15) is 14.4 Å². The van der Waals surface area contributed by atoms with Crippen molar-refractivity contribution in [2.75, 3.05) is 44.7 Å². The highest BCUT2D eigenvalue weighted by Gasteiger charge is 2.21. The highest BCUT2D eigenvalue weighted by Crippen LogP contribution is 2.08. The topological polar surface area (TPSA) is 90.0 Å². The Morgan fingerprint density at radius 1 is 1.25 bits per heavy atom. The van der Waals surface area contributed by atoms with Gasteiger partial charge in [0, 0.05) is 38.9 Å². The molecule has 20 heavy (non-hydrogen) atoms. The molecular weight excluding hydrogens is 282 g/mol. The van der Waals surface area contributed by atoms with Crippen molar-refractivity contribution in [3.8, 4) is 0 Å². The zero-order chi connectivity index (χ0) is 15.1. The van der Waals surface area contributed by atoms with E-state index >= 15 is 0 Å². The average molecular weight is 303 g/mol. The molecule has 0 aromatic heterocycles. The van der Waals surface area contributed by atoms with Gasteiger partial charge in [-0.3, -0.25) is 9.59 Å². The minimum Gasteiger partial charge on any atom is -0.480 e. The number of likely N-dealkylation sites (N-methyl/N-ethyl adjacent to an activating group) is 1. The predicted octanol–water partition coefficient (Wildman–Crippen LogP) is -0.917. The Balaban J connectivity index is 2.29. The maximum Gasteiger partial charge on any atom is 0.327 e. The van der Waals surface area contributed by atoms with Crippen LogP contribution in [0.5, 0.6) is 0 Å². The lowest BCUT2D eigenvalue weighted by atomic mass is 10.3. The van der Waals surface area contributed by atoms with Gasteiger partial charge >= 0.3 is 5.97 Å². The molecule has 0 bridgehead atoms. The van der Waals surface area contributed by atoms with Gasteiger partial charge in [0.25, 0.3) is 0 Å². The fourth-order valence-corrected chi connectivity index (χ4v) is 2.77. The summed E-state index contributed by atoms with van der Waals surface area (Å²) in [6.45, 7) is 4.42. The molecule has 0 spiro atoms. The van der Waals surface area contributed by atoms with E-state index in [4.69, 9.17) is 5.11 Å². The molecule has 1 aliphatic heterocycles. The van der Waals surface area contributed by atoms with Crippen LogP contribution < -0.4 is 5.32 Å². The summed E-state index contributed by atoms with van der Waals surface area (Å²) < 4.78 is 0. The van der Waals surface area contributed by atoms with E-state index in [-0.39, 0.29) is 23.3 Å². The van der Waals surface area contributed by atoms with Crippen LogP contribution in [0.25, 0.3) is 0 Å². The average Bonchev–Trinajstić information content (AvgIpc) is 2.37. The molecule has 1 atom stereocenters. The molecule has 0 aromatic carbocycles. The van der Waals surface area contributed by atoms with Crippen molar-refractivity contribution in [2.24, 2.45) is 0 Å². The number of hydrogen-bond donors (Lipinski definition) is 2. The number of nitrogens with one attached hydrogen (secondary N) is 1. The summed E-state index contributed by atoms with van der Waals surface area (Å²) in [5.41, 5.74) is 0. The van der Waals surface area contributed by atoms with Gasteiger partial charge in [0.1, 0.15) is 6.04 Å². The number of carbonyl (C=O) groups is 3. The molecule has 1 rings (SSSR count). The molecule has 2 amide bonds. The van der Waals surface area contributed by atoms with Gasteiger partial charge in [0.15, 0.2) is 0 Å². The number of nitrogens with zero attached hydrogens (tertiary/aromatic N) is 2. The molecule has 1 fully saturated rings. The Morgan fingerprint density at radius 2 is 1.85 bits per heavy atom. The third-order valence-electron chi connectivity index (χ3n) is 3.04. The molecule has 1 heterocycles. The normalized spacial score (nSPS) is 17.6. The minimum atomic E-state index is -1.08. The zero-order valence-electron chi connectivity index (χ0n) is 11.8. The highest BCUT2D eigenvalue weighted by molar-refractivity contribution is 8.00. The summed E-state index contributed by atoms with van der Waals surface area (Å²) in [4.78, 5) is 37.7. The Hall–Kier alpha value is -1.28. The van der Waals surface area contributed by atoms with Crippen molar-refractivity contribution in [2.45, 2.75) is 13.0 Å². The molecule has 8 heteroatoms. The van der Waals surface area contributed by atoms with Gasteiger partial charge in [0.05, 0.1) is 5.75 Å². The fourth-order valence-electron chi connectivity index (χ4n) is 1.83. The number of hydrogen-bond acceptors (Lipinski definition) is 5. The van der Waals surface area contributed by atoms with Crippen molar-refractivity contribution in [1.29, 1.82) is 0 Å². The van der Waals surface area contributed by atoms with Crippen LogP contribution in [0, 0.1) is 0 Å². The monoisotopic (exact) mass is 303 g/mol. The van der Waals surface area contributed by atoms with Gasteiger partial charge in [-0.25, -0.2) is 4.79 Å². The predicted molar refractivity (Wildman–Crippen MR) is 76.6 cm³/mol. The number of carbonyl (C=O) groups excluding carboxylic acids is 2. The van der Waals surface area contributed by atoms with Gasteiger partial charge < -0.3 is 20.2 Å². The summed E-state index contributed by atoms with van der Waals surface area (Å²) in [6, 6.07) is -0.946. The fraction of sp³-hybridized carbons (Fsp3) is 0.750. The number of thioether (sulfide) groups is 1. The first-order chi connectivity index (χ1) is 9.40. The number of piperazine rings is 1. The molecule has 114 valence electrons. The number of amides is 2. The van der Waals surface area contributed by atoms with Crippen LogP contribution in [-0.4, -0.2) is 83.5 Å². The molecular formula is C12H21N3O4S. The molecule has 2 N–H and O–H groups in total. The number of carboxylic acid groups (broad SMARTS) is 1. The summed E-state index contributed by atoms with van der Waals surface area (Å²) in [5, 5.41) is 11.3. The third kappa shape index (κ3) is 5.79. The van der Waals surface area contributed by atoms with E-state index in [1.807, 2.05) is 7.05 Å². The molecule has 0 aromatic rings. The summed E-state index contributed by atoms with van der Waals surface area (Å²) >= 11 is 1.23. The molecule has 0 saturated carbocycles. The number of rotatable bonds is 6. The van der Waals surface area contributed by atoms with Crippen LogP contribution in [0.15, 0.2) is 0 Å².